The van der Waals surface area contributed by atoms with Gasteiger partial charge in [0.15, 0.2) is 0 Å². The molecular weight excluding hydrogens is 228 g/mol. The molecule has 0 unspecified atom stereocenters. The number of hydrogen-bond acceptors (Lipinski definition) is 3. The Labute approximate surface area is 109 Å². The van der Waals surface area contributed by atoms with Gasteiger partial charge in [0.05, 0.1) is 23.8 Å². The van der Waals surface area contributed by atoms with Crippen molar-refractivity contribution in [3.63, 3.8) is 0 Å². The van der Waals surface area contributed by atoms with E-state index in [1.807, 2.05) is 11.6 Å². The van der Waals surface area contributed by atoms with Gasteiger partial charge in [0.2, 0.25) is 5.91 Å². The summed E-state index contributed by atoms with van der Waals surface area (Å²) in [5.41, 5.74) is 0.805. The van der Waals surface area contributed by atoms with Crippen LogP contribution in [-0.2, 0) is 16.9 Å². The molecule has 0 fully saturated rings. The summed E-state index contributed by atoms with van der Waals surface area (Å²) in [6, 6.07) is 0. The van der Waals surface area contributed by atoms with Crippen molar-refractivity contribution < 1.29 is 4.79 Å². The Morgan fingerprint density at radius 1 is 1.50 bits per heavy atom. The Balaban J connectivity index is 2.69. The first-order valence-electron chi connectivity index (χ1n) is 6.33. The summed E-state index contributed by atoms with van der Waals surface area (Å²) in [7, 11) is 1.90. The lowest BCUT2D eigenvalue weighted by molar-refractivity contribution is -0.121. The van der Waals surface area contributed by atoms with Crippen LogP contribution in [-0.4, -0.2) is 29.1 Å². The number of aromatic nitrogens is 2. The number of nitrogens with zero attached hydrogens (tertiary/aromatic N) is 2. The summed E-state index contributed by atoms with van der Waals surface area (Å²) in [6.45, 7) is 9.30. The summed E-state index contributed by atoms with van der Waals surface area (Å²) in [5.74, 6) is 0.486. The molecule has 0 aliphatic heterocycles. The van der Waals surface area contributed by atoms with E-state index >= 15 is 0 Å². The first-order valence-corrected chi connectivity index (χ1v) is 6.33. The topological polar surface area (TPSA) is 59.0 Å². The minimum atomic E-state index is -0.200. The highest BCUT2D eigenvalue weighted by atomic mass is 16.1. The highest BCUT2D eigenvalue weighted by Gasteiger charge is 2.22. The highest BCUT2D eigenvalue weighted by Crippen LogP contribution is 2.18. The molecule has 0 saturated carbocycles. The van der Waals surface area contributed by atoms with E-state index in [9.17, 15) is 4.79 Å². The zero-order valence-corrected chi connectivity index (χ0v) is 11.9. The monoisotopic (exact) mass is 252 g/mol. The van der Waals surface area contributed by atoms with E-state index in [0.717, 1.165) is 5.69 Å². The molecule has 0 aliphatic rings. The molecule has 1 rings (SSSR count). The standard InChI is InChI=1S/C13H24N4O/c1-10(2)6-16-12(18)8-17-9-15-7-11(17)13(3,4)14-5/h7,9-10,14H,6,8H2,1-5H3,(H,16,18). The highest BCUT2D eigenvalue weighted by molar-refractivity contribution is 5.75. The van der Waals surface area contributed by atoms with Gasteiger partial charge in [0, 0.05) is 6.54 Å². The third-order valence-electron chi connectivity index (χ3n) is 3.00. The van der Waals surface area contributed by atoms with Gasteiger partial charge in [-0.1, -0.05) is 13.8 Å². The van der Waals surface area contributed by atoms with Gasteiger partial charge in [-0.25, -0.2) is 4.98 Å². The quantitative estimate of drug-likeness (QED) is 0.797. The van der Waals surface area contributed by atoms with Gasteiger partial charge in [-0.05, 0) is 26.8 Å². The molecule has 2 N–H and O–H groups in total. The Bertz CT molecular complexity index is 395. The third kappa shape index (κ3) is 3.84. The molecule has 1 aromatic rings. The zero-order valence-electron chi connectivity index (χ0n) is 11.9. The normalized spacial score (nSPS) is 11.9. The first-order chi connectivity index (χ1) is 8.36. The molecule has 1 heterocycles. The van der Waals surface area contributed by atoms with E-state index in [0.29, 0.717) is 19.0 Å². The number of carbonyl (C=O) groups is 1. The van der Waals surface area contributed by atoms with Crippen molar-refractivity contribution in [3.05, 3.63) is 18.2 Å². The van der Waals surface area contributed by atoms with Crippen LogP contribution in [0.4, 0.5) is 0 Å². The maximum absolute atomic E-state index is 11.8. The molecule has 102 valence electrons. The fourth-order valence-corrected chi connectivity index (χ4v) is 1.62. The van der Waals surface area contributed by atoms with Gasteiger partial charge in [0.25, 0.3) is 0 Å². The van der Waals surface area contributed by atoms with Crippen molar-refractivity contribution in [3.8, 4) is 0 Å². The predicted molar refractivity (Wildman–Crippen MR) is 72.2 cm³/mol. The Kier molecular flexibility index (Phi) is 4.90. The predicted octanol–water partition coefficient (Wildman–Crippen LogP) is 1.11. The van der Waals surface area contributed by atoms with Gasteiger partial charge >= 0.3 is 0 Å². The van der Waals surface area contributed by atoms with Crippen molar-refractivity contribution in [2.75, 3.05) is 13.6 Å². The second-order valence-electron chi connectivity index (χ2n) is 5.48. The number of imidazole rings is 1. The first kappa shape index (κ1) is 14.7. The van der Waals surface area contributed by atoms with Crippen LogP contribution < -0.4 is 10.6 Å². The van der Waals surface area contributed by atoms with Crippen LogP contribution in [0.2, 0.25) is 0 Å². The van der Waals surface area contributed by atoms with Gasteiger partial charge in [-0.3, -0.25) is 4.79 Å². The smallest absolute Gasteiger partial charge is 0.239 e. The number of nitrogens with one attached hydrogen (secondary N) is 2. The van der Waals surface area contributed by atoms with Crippen LogP contribution in [0, 0.1) is 5.92 Å². The Morgan fingerprint density at radius 3 is 2.72 bits per heavy atom. The summed E-state index contributed by atoms with van der Waals surface area (Å²) >= 11 is 0. The molecule has 0 aliphatic carbocycles. The second kappa shape index (κ2) is 6.00. The van der Waals surface area contributed by atoms with E-state index < -0.39 is 0 Å². The van der Waals surface area contributed by atoms with Crippen LogP contribution in [0.5, 0.6) is 0 Å². The summed E-state index contributed by atoms with van der Waals surface area (Å²) in [5, 5.41) is 6.12. The number of hydrogen-bond donors (Lipinski definition) is 2. The molecule has 18 heavy (non-hydrogen) atoms. The lowest BCUT2D eigenvalue weighted by atomic mass is 10.0. The summed E-state index contributed by atoms with van der Waals surface area (Å²) in [4.78, 5) is 15.9. The fourth-order valence-electron chi connectivity index (χ4n) is 1.62. The number of rotatable bonds is 6. The number of carbonyl (C=O) groups excluding carboxylic acids is 1. The molecule has 0 aromatic carbocycles. The molecule has 5 nitrogen and oxygen atoms in total. The molecule has 5 heteroatoms. The minimum absolute atomic E-state index is 0.0230. The van der Waals surface area contributed by atoms with Crippen molar-refractivity contribution in [1.29, 1.82) is 0 Å². The number of amides is 1. The van der Waals surface area contributed by atoms with Crippen molar-refractivity contribution >= 4 is 5.91 Å². The average molecular weight is 252 g/mol. The van der Waals surface area contributed by atoms with Crippen LogP contribution in [0.25, 0.3) is 0 Å². The third-order valence-corrected chi connectivity index (χ3v) is 3.00. The molecule has 0 bridgehead atoms. The van der Waals surface area contributed by atoms with E-state index in [1.165, 1.54) is 0 Å². The van der Waals surface area contributed by atoms with Crippen LogP contribution in [0.15, 0.2) is 12.5 Å². The minimum Gasteiger partial charge on any atom is -0.354 e. The molecular formula is C13H24N4O. The molecule has 0 spiro atoms. The summed E-state index contributed by atoms with van der Waals surface area (Å²) < 4.78 is 1.88. The maximum Gasteiger partial charge on any atom is 0.239 e. The zero-order chi connectivity index (χ0) is 13.8. The van der Waals surface area contributed by atoms with Crippen molar-refractivity contribution in [1.82, 2.24) is 20.2 Å². The Morgan fingerprint density at radius 2 is 2.17 bits per heavy atom. The van der Waals surface area contributed by atoms with Gasteiger partial charge in [0.1, 0.15) is 6.54 Å². The fraction of sp³-hybridized carbons (Fsp3) is 0.692. The van der Waals surface area contributed by atoms with Gasteiger partial charge in [-0.15, -0.1) is 0 Å². The molecule has 1 aromatic heterocycles. The van der Waals surface area contributed by atoms with E-state index in [4.69, 9.17) is 0 Å². The van der Waals surface area contributed by atoms with E-state index in [-0.39, 0.29) is 11.4 Å². The Hall–Kier alpha value is -1.36. The van der Waals surface area contributed by atoms with Gasteiger partial charge in [-0.2, -0.15) is 0 Å². The van der Waals surface area contributed by atoms with Crippen molar-refractivity contribution in [2.45, 2.75) is 39.8 Å². The molecule has 1 amide bonds. The van der Waals surface area contributed by atoms with Crippen molar-refractivity contribution in [2.24, 2.45) is 5.92 Å². The SMILES string of the molecule is CNC(C)(C)c1cncn1CC(=O)NCC(C)C. The average Bonchev–Trinajstić information content (AvgIpc) is 2.75. The van der Waals surface area contributed by atoms with E-state index in [2.05, 4.69) is 43.3 Å². The molecule has 0 radical (unpaired) electrons. The summed E-state index contributed by atoms with van der Waals surface area (Å²) in [6.07, 6.45) is 3.50. The largest absolute Gasteiger partial charge is 0.354 e. The van der Waals surface area contributed by atoms with Crippen LogP contribution in [0.3, 0.4) is 0 Å². The molecule has 0 saturated heterocycles. The van der Waals surface area contributed by atoms with Gasteiger partial charge < -0.3 is 15.2 Å². The molecule has 0 atom stereocenters. The van der Waals surface area contributed by atoms with Crippen LogP contribution in [0.1, 0.15) is 33.4 Å². The lowest BCUT2D eigenvalue weighted by Crippen LogP contribution is -2.37. The maximum atomic E-state index is 11.8. The lowest BCUT2D eigenvalue weighted by Gasteiger charge is -2.25. The van der Waals surface area contributed by atoms with Crippen LogP contribution >= 0.6 is 0 Å². The van der Waals surface area contributed by atoms with E-state index in [1.54, 1.807) is 12.5 Å². The second-order valence-corrected chi connectivity index (χ2v) is 5.48.